The second kappa shape index (κ2) is 5.01. The quantitative estimate of drug-likeness (QED) is 0.825. The van der Waals surface area contributed by atoms with Gasteiger partial charge in [-0.25, -0.2) is 0 Å². The molecular weight excluding hydrogens is 196 g/mol. The standard InChI is InChI=1S/C15H22O/c1-11-5-3-7-13(9-11)10-15(16)14-8-4-6-12(14)2/h3,5,7,9,12,14-16H,4,6,8,10H2,1-2H3. The first-order chi connectivity index (χ1) is 7.66. The van der Waals surface area contributed by atoms with E-state index in [9.17, 15) is 5.11 Å². The van der Waals surface area contributed by atoms with E-state index in [-0.39, 0.29) is 6.10 Å². The summed E-state index contributed by atoms with van der Waals surface area (Å²) in [7, 11) is 0. The van der Waals surface area contributed by atoms with E-state index in [1.54, 1.807) is 0 Å². The predicted molar refractivity (Wildman–Crippen MR) is 67.4 cm³/mol. The molecule has 1 nitrogen and oxygen atoms in total. The molecule has 0 amide bonds. The number of aryl methyl sites for hydroxylation is 1. The Morgan fingerprint density at radius 2 is 2.19 bits per heavy atom. The van der Waals surface area contributed by atoms with Gasteiger partial charge < -0.3 is 5.11 Å². The van der Waals surface area contributed by atoms with E-state index in [1.807, 2.05) is 0 Å². The van der Waals surface area contributed by atoms with E-state index in [0.29, 0.717) is 11.8 Å². The molecule has 0 radical (unpaired) electrons. The molecular formula is C15H22O. The number of aliphatic hydroxyl groups excluding tert-OH is 1. The van der Waals surface area contributed by atoms with Crippen molar-refractivity contribution in [3.8, 4) is 0 Å². The average molecular weight is 218 g/mol. The van der Waals surface area contributed by atoms with Crippen molar-refractivity contribution >= 4 is 0 Å². The van der Waals surface area contributed by atoms with Gasteiger partial charge in [0.05, 0.1) is 6.10 Å². The molecule has 1 fully saturated rings. The first-order valence-electron chi connectivity index (χ1n) is 6.40. The van der Waals surface area contributed by atoms with Crippen LogP contribution in [0, 0.1) is 18.8 Å². The molecule has 1 aliphatic carbocycles. The van der Waals surface area contributed by atoms with Gasteiger partial charge in [0.2, 0.25) is 0 Å². The van der Waals surface area contributed by atoms with Gasteiger partial charge in [-0.1, -0.05) is 49.6 Å². The second-order valence-corrected chi connectivity index (χ2v) is 5.33. The van der Waals surface area contributed by atoms with Gasteiger partial charge in [-0.3, -0.25) is 0 Å². The Morgan fingerprint density at radius 1 is 1.38 bits per heavy atom. The molecule has 2 rings (SSSR count). The van der Waals surface area contributed by atoms with Crippen molar-refractivity contribution in [2.24, 2.45) is 11.8 Å². The summed E-state index contributed by atoms with van der Waals surface area (Å²) < 4.78 is 0. The Morgan fingerprint density at radius 3 is 2.81 bits per heavy atom. The molecule has 3 atom stereocenters. The summed E-state index contributed by atoms with van der Waals surface area (Å²) in [4.78, 5) is 0. The minimum absolute atomic E-state index is 0.153. The van der Waals surface area contributed by atoms with Crippen LogP contribution in [0.1, 0.15) is 37.3 Å². The fraction of sp³-hybridized carbons (Fsp3) is 0.600. The number of benzene rings is 1. The fourth-order valence-electron chi connectivity index (χ4n) is 2.98. The Labute approximate surface area is 98.5 Å². The molecule has 88 valence electrons. The minimum atomic E-state index is -0.153. The lowest BCUT2D eigenvalue weighted by Gasteiger charge is -2.22. The molecule has 1 saturated carbocycles. The molecule has 1 aromatic carbocycles. The van der Waals surface area contributed by atoms with E-state index in [1.165, 1.54) is 30.4 Å². The van der Waals surface area contributed by atoms with Gasteiger partial charge in [-0.05, 0) is 37.2 Å². The third-order valence-corrected chi connectivity index (χ3v) is 3.95. The Kier molecular flexibility index (Phi) is 3.65. The molecule has 0 spiro atoms. The lowest BCUT2D eigenvalue weighted by Crippen LogP contribution is -2.24. The average Bonchev–Trinajstić information content (AvgIpc) is 2.64. The smallest absolute Gasteiger partial charge is 0.0611 e. The van der Waals surface area contributed by atoms with Gasteiger partial charge in [0.25, 0.3) is 0 Å². The van der Waals surface area contributed by atoms with Crippen molar-refractivity contribution in [1.29, 1.82) is 0 Å². The van der Waals surface area contributed by atoms with Crippen LogP contribution in [-0.2, 0) is 6.42 Å². The number of hydrogen-bond donors (Lipinski definition) is 1. The second-order valence-electron chi connectivity index (χ2n) is 5.33. The Balaban J connectivity index is 1.99. The zero-order chi connectivity index (χ0) is 11.5. The molecule has 16 heavy (non-hydrogen) atoms. The van der Waals surface area contributed by atoms with Crippen LogP contribution >= 0.6 is 0 Å². The summed E-state index contributed by atoms with van der Waals surface area (Å²) in [6.45, 7) is 4.38. The normalized spacial score (nSPS) is 26.9. The van der Waals surface area contributed by atoms with Crippen LogP contribution in [0.25, 0.3) is 0 Å². The number of hydrogen-bond acceptors (Lipinski definition) is 1. The van der Waals surface area contributed by atoms with Crippen LogP contribution in [0.2, 0.25) is 0 Å². The topological polar surface area (TPSA) is 20.2 Å². The van der Waals surface area contributed by atoms with Crippen molar-refractivity contribution < 1.29 is 5.11 Å². The first-order valence-corrected chi connectivity index (χ1v) is 6.40. The highest BCUT2D eigenvalue weighted by Crippen LogP contribution is 2.34. The first kappa shape index (κ1) is 11.7. The summed E-state index contributed by atoms with van der Waals surface area (Å²) in [5.41, 5.74) is 2.55. The maximum absolute atomic E-state index is 10.3. The van der Waals surface area contributed by atoms with Gasteiger partial charge in [-0.2, -0.15) is 0 Å². The van der Waals surface area contributed by atoms with E-state index in [2.05, 4.69) is 38.1 Å². The molecule has 1 aliphatic rings. The third kappa shape index (κ3) is 2.65. The molecule has 0 aromatic heterocycles. The van der Waals surface area contributed by atoms with Gasteiger partial charge in [0, 0.05) is 0 Å². The van der Waals surface area contributed by atoms with Crippen molar-refractivity contribution in [3.05, 3.63) is 35.4 Å². The van der Waals surface area contributed by atoms with Crippen molar-refractivity contribution in [1.82, 2.24) is 0 Å². The molecule has 3 unspecified atom stereocenters. The zero-order valence-corrected chi connectivity index (χ0v) is 10.3. The van der Waals surface area contributed by atoms with Crippen molar-refractivity contribution in [2.75, 3.05) is 0 Å². The SMILES string of the molecule is Cc1cccc(CC(O)C2CCCC2C)c1. The largest absolute Gasteiger partial charge is 0.392 e. The lowest BCUT2D eigenvalue weighted by molar-refractivity contribution is 0.0902. The van der Waals surface area contributed by atoms with Gasteiger partial charge in [0.15, 0.2) is 0 Å². The maximum atomic E-state index is 10.3. The number of aliphatic hydroxyl groups is 1. The van der Waals surface area contributed by atoms with Gasteiger partial charge >= 0.3 is 0 Å². The lowest BCUT2D eigenvalue weighted by atomic mass is 9.88. The maximum Gasteiger partial charge on any atom is 0.0611 e. The van der Waals surface area contributed by atoms with Crippen LogP contribution in [0.4, 0.5) is 0 Å². The van der Waals surface area contributed by atoms with Crippen molar-refractivity contribution in [3.63, 3.8) is 0 Å². The highest BCUT2D eigenvalue weighted by Gasteiger charge is 2.29. The summed E-state index contributed by atoms with van der Waals surface area (Å²) >= 11 is 0. The molecule has 0 aliphatic heterocycles. The summed E-state index contributed by atoms with van der Waals surface area (Å²) in [5.74, 6) is 1.21. The monoisotopic (exact) mass is 218 g/mol. The zero-order valence-electron chi connectivity index (χ0n) is 10.3. The molecule has 0 saturated heterocycles. The molecule has 1 heteroatoms. The molecule has 1 aromatic rings. The van der Waals surface area contributed by atoms with Crippen LogP contribution in [0.5, 0.6) is 0 Å². The van der Waals surface area contributed by atoms with Crippen LogP contribution in [-0.4, -0.2) is 11.2 Å². The van der Waals surface area contributed by atoms with E-state index in [0.717, 1.165) is 6.42 Å². The van der Waals surface area contributed by atoms with Gasteiger partial charge in [0.1, 0.15) is 0 Å². The van der Waals surface area contributed by atoms with E-state index in [4.69, 9.17) is 0 Å². The Hall–Kier alpha value is -0.820. The fourth-order valence-corrected chi connectivity index (χ4v) is 2.98. The third-order valence-electron chi connectivity index (χ3n) is 3.95. The highest BCUT2D eigenvalue weighted by molar-refractivity contribution is 5.22. The van der Waals surface area contributed by atoms with E-state index >= 15 is 0 Å². The molecule has 0 heterocycles. The van der Waals surface area contributed by atoms with Crippen molar-refractivity contribution in [2.45, 2.75) is 45.6 Å². The van der Waals surface area contributed by atoms with Gasteiger partial charge in [-0.15, -0.1) is 0 Å². The molecule has 0 bridgehead atoms. The van der Waals surface area contributed by atoms with Crippen LogP contribution < -0.4 is 0 Å². The number of rotatable bonds is 3. The van der Waals surface area contributed by atoms with Crippen LogP contribution in [0.3, 0.4) is 0 Å². The molecule has 1 N–H and O–H groups in total. The minimum Gasteiger partial charge on any atom is -0.392 e. The predicted octanol–water partition coefficient (Wildman–Crippen LogP) is 3.33. The summed E-state index contributed by atoms with van der Waals surface area (Å²) in [5, 5.41) is 10.3. The summed E-state index contributed by atoms with van der Waals surface area (Å²) in [6, 6.07) is 8.49. The van der Waals surface area contributed by atoms with Crippen LogP contribution in [0.15, 0.2) is 24.3 Å². The van der Waals surface area contributed by atoms with E-state index < -0.39 is 0 Å². The Bertz CT molecular complexity index is 345. The highest BCUT2D eigenvalue weighted by atomic mass is 16.3. The summed E-state index contributed by atoms with van der Waals surface area (Å²) in [6.07, 6.45) is 4.44.